The summed E-state index contributed by atoms with van der Waals surface area (Å²) in [5.74, 6) is 20.5. The van der Waals surface area contributed by atoms with E-state index < -0.39 is 0 Å². The van der Waals surface area contributed by atoms with E-state index >= 15 is 0 Å². The summed E-state index contributed by atoms with van der Waals surface area (Å²) in [5.41, 5.74) is 0.888. The number of nitrogens with zero attached hydrogens (tertiary/aromatic N) is 1. The summed E-state index contributed by atoms with van der Waals surface area (Å²) in [6.45, 7) is 2.91. The van der Waals surface area contributed by atoms with Crippen molar-refractivity contribution in [3.63, 3.8) is 0 Å². The van der Waals surface area contributed by atoms with Gasteiger partial charge in [-0.25, -0.2) is 0 Å². The molecule has 13 aliphatic rings. The lowest BCUT2D eigenvalue weighted by molar-refractivity contribution is -0.290. The van der Waals surface area contributed by atoms with Crippen LogP contribution < -0.4 is 0 Å². The molecule has 0 N–H and O–H groups in total. The van der Waals surface area contributed by atoms with Crippen molar-refractivity contribution in [1.29, 1.82) is 0 Å². The maximum atomic E-state index is 7.73. The lowest BCUT2D eigenvalue weighted by Gasteiger charge is -2.69. The van der Waals surface area contributed by atoms with Crippen LogP contribution in [0, 0.1) is 129 Å². The highest BCUT2D eigenvalue weighted by atomic mass is 16.5. The topological polar surface area (TPSA) is 21.6 Å². The molecule has 2 heteroatoms. The summed E-state index contributed by atoms with van der Waals surface area (Å²) in [6, 6.07) is 0. The molecule has 0 amide bonds. The third-order valence-corrected chi connectivity index (χ3v) is 27.1. The summed E-state index contributed by atoms with van der Waals surface area (Å²) in [7, 11) is 2.08. The number of hydrogen-bond acceptors (Lipinski definition) is 2. The molecular formula is C64H103NO. The second kappa shape index (κ2) is 18.9. The first-order valence-corrected chi connectivity index (χ1v) is 31.6. The van der Waals surface area contributed by atoms with Crippen LogP contribution in [0.15, 0.2) is 4.99 Å². The molecule has 0 aromatic carbocycles. The number of ether oxygens (including phenoxy) is 1. The monoisotopic (exact) mass is 902 g/mol. The summed E-state index contributed by atoms with van der Waals surface area (Å²) in [6.07, 6.45) is 61.0. The third kappa shape index (κ3) is 7.40. The maximum Gasteiger partial charge on any atom is 0.0638 e. The Kier molecular flexibility index (Phi) is 13.0. The van der Waals surface area contributed by atoms with Gasteiger partial charge in [0.25, 0.3) is 0 Å². The van der Waals surface area contributed by atoms with Crippen molar-refractivity contribution in [2.75, 3.05) is 7.05 Å². The summed E-state index contributed by atoms with van der Waals surface area (Å²) in [4.78, 5) is 4.77. The van der Waals surface area contributed by atoms with Gasteiger partial charge in [0.15, 0.2) is 0 Å². The number of aliphatic imine (C=N–C) groups is 1. The minimum atomic E-state index is 0.378. The van der Waals surface area contributed by atoms with Gasteiger partial charge in [0, 0.05) is 18.7 Å². The van der Waals surface area contributed by atoms with E-state index in [0.29, 0.717) is 23.0 Å². The van der Waals surface area contributed by atoms with E-state index in [2.05, 4.69) is 20.2 Å². The molecule has 1 spiro atoms. The fourth-order valence-electron chi connectivity index (χ4n) is 25.3. The molecule has 22 atom stereocenters. The summed E-state index contributed by atoms with van der Waals surface area (Å²) >= 11 is 0. The van der Waals surface area contributed by atoms with E-state index in [1.807, 2.05) is 0 Å². The lowest BCUT2D eigenvalue weighted by Crippen LogP contribution is -2.67. The predicted molar refractivity (Wildman–Crippen MR) is 274 cm³/mol. The average Bonchev–Trinajstić information content (AvgIpc) is 3.66. The molecular weight excluding hydrogens is 799 g/mol. The molecule has 12 saturated carbocycles. The van der Waals surface area contributed by atoms with E-state index in [-0.39, 0.29) is 0 Å². The fraction of sp³-hybridized carbons (Fsp3) is 0.984. The van der Waals surface area contributed by atoms with E-state index in [0.717, 1.165) is 118 Å². The standard InChI is InChI=1S/C64H103NO/c1-63-35-14-13-26-60(63)66-59-34-30-46(39-58(59)64(63)56-25-12-11-21-49(56)50-31-27-41(40-65-2)36-57(50)64)45-29-33-54-55(38-45)61(43-18-7-4-8-19-43)52-22-9-10-23-53(52)62(54)51-24-15-20-47-37-44(28-32-48(47)51)42-16-5-3-6-17-42/h40-62H,3-39H2,1-2H3/b65-40-. The van der Waals surface area contributed by atoms with Crippen LogP contribution in [0.5, 0.6) is 0 Å². The van der Waals surface area contributed by atoms with Crippen molar-refractivity contribution in [2.24, 2.45) is 134 Å². The molecule has 12 aliphatic carbocycles. The van der Waals surface area contributed by atoms with E-state index in [1.165, 1.54) is 83.5 Å². The van der Waals surface area contributed by atoms with Gasteiger partial charge in [-0.15, -0.1) is 0 Å². The van der Waals surface area contributed by atoms with Crippen LogP contribution in [-0.2, 0) is 4.74 Å². The molecule has 66 heavy (non-hydrogen) atoms. The first kappa shape index (κ1) is 45.5. The van der Waals surface area contributed by atoms with Crippen LogP contribution in [0.3, 0.4) is 0 Å². The molecule has 0 aromatic rings. The Morgan fingerprint density at radius 1 is 0.379 bits per heavy atom. The van der Waals surface area contributed by atoms with Crippen molar-refractivity contribution >= 4 is 6.21 Å². The molecule has 0 aromatic heterocycles. The highest BCUT2D eigenvalue weighted by Crippen LogP contribution is 2.78. The van der Waals surface area contributed by atoms with Crippen LogP contribution in [0.25, 0.3) is 0 Å². The Morgan fingerprint density at radius 3 is 1.76 bits per heavy atom. The molecule has 0 radical (unpaired) electrons. The largest absolute Gasteiger partial charge is 0.374 e. The summed E-state index contributed by atoms with van der Waals surface area (Å²) in [5, 5.41) is 0. The van der Waals surface area contributed by atoms with Crippen molar-refractivity contribution in [3.05, 3.63) is 0 Å². The normalized spacial score (nSPS) is 54.6. The average molecular weight is 903 g/mol. The Bertz CT molecular complexity index is 1670. The van der Waals surface area contributed by atoms with Crippen molar-refractivity contribution < 1.29 is 4.74 Å². The minimum Gasteiger partial charge on any atom is -0.374 e. The Labute approximate surface area is 407 Å². The van der Waals surface area contributed by atoms with Crippen LogP contribution in [-0.4, -0.2) is 25.5 Å². The van der Waals surface area contributed by atoms with Crippen LogP contribution in [0.1, 0.15) is 244 Å². The molecule has 370 valence electrons. The zero-order valence-electron chi connectivity index (χ0n) is 43.3. The predicted octanol–water partition coefficient (Wildman–Crippen LogP) is 17.4. The second-order valence-electron chi connectivity index (χ2n) is 28.8. The SMILES string of the molecule is C/N=C\C1CCC2C3CCCCC3C3(C4CC(C5CCC6C(C5)C(C5CCCCC5)C5CCCCC5C6C5CCCC6CC(C7CCCCC7)CCC65)CCC4OC4CCCCC43C)C2C1. The Balaban J connectivity index is 0.822. The van der Waals surface area contributed by atoms with Gasteiger partial charge < -0.3 is 9.73 Å². The van der Waals surface area contributed by atoms with Crippen molar-refractivity contribution in [3.8, 4) is 0 Å². The lowest BCUT2D eigenvalue weighted by atomic mass is 9.39. The van der Waals surface area contributed by atoms with Crippen LogP contribution in [0.4, 0.5) is 0 Å². The van der Waals surface area contributed by atoms with E-state index in [4.69, 9.17) is 9.73 Å². The van der Waals surface area contributed by atoms with E-state index in [1.54, 1.807) is 154 Å². The highest BCUT2D eigenvalue weighted by molar-refractivity contribution is 5.60. The smallest absolute Gasteiger partial charge is 0.0638 e. The van der Waals surface area contributed by atoms with E-state index in [9.17, 15) is 0 Å². The van der Waals surface area contributed by atoms with Crippen LogP contribution >= 0.6 is 0 Å². The van der Waals surface area contributed by atoms with Gasteiger partial charge in [-0.05, 0) is 246 Å². The maximum absolute atomic E-state index is 7.73. The zero-order valence-corrected chi connectivity index (χ0v) is 43.3. The quantitative estimate of drug-likeness (QED) is 0.252. The molecule has 1 heterocycles. The first-order chi connectivity index (χ1) is 32.5. The molecule has 1 saturated heterocycles. The number of rotatable bonds is 5. The molecule has 13 rings (SSSR count). The molecule has 2 nitrogen and oxygen atoms in total. The van der Waals surface area contributed by atoms with Crippen molar-refractivity contribution in [1.82, 2.24) is 0 Å². The van der Waals surface area contributed by atoms with Crippen LogP contribution in [0.2, 0.25) is 0 Å². The molecule has 22 unspecified atom stereocenters. The second-order valence-corrected chi connectivity index (χ2v) is 28.8. The highest BCUT2D eigenvalue weighted by Gasteiger charge is 2.74. The van der Waals surface area contributed by atoms with Crippen molar-refractivity contribution in [2.45, 2.75) is 257 Å². The Morgan fingerprint density at radius 2 is 0.955 bits per heavy atom. The van der Waals surface area contributed by atoms with Gasteiger partial charge in [0.05, 0.1) is 12.2 Å². The van der Waals surface area contributed by atoms with Gasteiger partial charge in [0.2, 0.25) is 0 Å². The third-order valence-electron chi connectivity index (χ3n) is 27.1. The van der Waals surface area contributed by atoms with Gasteiger partial charge in [-0.2, -0.15) is 0 Å². The number of fused-ring (bicyclic) bond motifs is 12. The van der Waals surface area contributed by atoms with Gasteiger partial charge in [-0.1, -0.05) is 122 Å². The molecule has 13 fully saturated rings. The fourth-order valence-corrected chi connectivity index (χ4v) is 25.3. The van der Waals surface area contributed by atoms with Gasteiger partial charge in [0.1, 0.15) is 0 Å². The number of hydrogen-bond donors (Lipinski definition) is 0. The Hall–Kier alpha value is -0.370. The molecule has 1 aliphatic heterocycles. The molecule has 0 bridgehead atoms. The van der Waals surface area contributed by atoms with Gasteiger partial charge in [-0.3, -0.25) is 0 Å². The van der Waals surface area contributed by atoms with Gasteiger partial charge >= 0.3 is 0 Å². The minimum absolute atomic E-state index is 0.378. The zero-order chi connectivity index (χ0) is 44.0. The first-order valence-electron chi connectivity index (χ1n) is 31.6. The summed E-state index contributed by atoms with van der Waals surface area (Å²) < 4.78 is 7.73.